The van der Waals surface area contributed by atoms with Gasteiger partial charge < -0.3 is 14.2 Å². The Balaban J connectivity index is 2.10. The first-order valence-corrected chi connectivity index (χ1v) is 6.87. The number of ether oxygens (including phenoxy) is 3. The molecule has 4 heteroatoms. The van der Waals surface area contributed by atoms with Gasteiger partial charge in [0.25, 0.3) is 0 Å². The Labute approximate surface area is 118 Å². The molecular weight excluding hydrogens is 256 g/mol. The van der Waals surface area contributed by atoms with Crippen molar-refractivity contribution in [2.24, 2.45) is 0 Å². The van der Waals surface area contributed by atoms with Gasteiger partial charge in [-0.1, -0.05) is 6.08 Å². The second-order valence-electron chi connectivity index (χ2n) is 5.26. The molecule has 0 unspecified atom stereocenters. The third-order valence-electron chi connectivity index (χ3n) is 4.09. The first kappa shape index (κ1) is 13.0. The van der Waals surface area contributed by atoms with Crippen LogP contribution in [0.5, 0.6) is 11.5 Å². The molecule has 3 rings (SSSR count). The van der Waals surface area contributed by atoms with Crippen molar-refractivity contribution in [3.05, 3.63) is 29.3 Å². The van der Waals surface area contributed by atoms with E-state index in [2.05, 4.69) is 6.08 Å². The van der Waals surface area contributed by atoms with E-state index in [9.17, 15) is 4.79 Å². The molecule has 0 saturated heterocycles. The van der Waals surface area contributed by atoms with Crippen molar-refractivity contribution in [2.45, 2.75) is 31.3 Å². The highest BCUT2D eigenvalue weighted by Crippen LogP contribution is 2.45. The molecule has 1 aliphatic heterocycles. The molecule has 1 saturated carbocycles. The number of hydrogen-bond donors (Lipinski definition) is 0. The molecule has 0 amide bonds. The van der Waals surface area contributed by atoms with Crippen LogP contribution in [0.1, 0.15) is 41.6 Å². The summed E-state index contributed by atoms with van der Waals surface area (Å²) in [5.74, 6) is 0.947. The molecule has 1 aliphatic carbocycles. The molecule has 1 aromatic carbocycles. The Morgan fingerprint density at radius 3 is 2.65 bits per heavy atom. The molecule has 4 nitrogen and oxygen atoms in total. The van der Waals surface area contributed by atoms with Crippen molar-refractivity contribution in [2.75, 3.05) is 14.2 Å². The third kappa shape index (κ3) is 1.96. The fraction of sp³-hybridized carbons (Fsp3) is 0.438. The molecule has 1 spiro atoms. The third-order valence-corrected chi connectivity index (χ3v) is 4.09. The Morgan fingerprint density at radius 2 is 2.00 bits per heavy atom. The van der Waals surface area contributed by atoms with Gasteiger partial charge in [0.05, 0.1) is 19.8 Å². The molecule has 1 heterocycles. The minimum Gasteiger partial charge on any atom is -0.493 e. The fourth-order valence-corrected chi connectivity index (χ4v) is 3.01. The number of hydrogen-bond acceptors (Lipinski definition) is 4. The largest absolute Gasteiger partial charge is 0.493 e. The summed E-state index contributed by atoms with van der Waals surface area (Å²) in [4.78, 5) is 11.8. The van der Waals surface area contributed by atoms with Gasteiger partial charge in [-0.15, -0.1) is 0 Å². The van der Waals surface area contributed by atoms with E-state index >= 15 is 0 Å². The van der Waals surface area contributed by atoms with E-state index < -0.39 is 0 Å². The predicted octanol–water partition coefficient (Wildman–Crippen LogP) is 3.20. The van der Waals surface area contributed by atoms with Crippen LogP contribution < -0.4 is 9.47 Å². The molecule has 1 aromatic rings. The van der Waals surface area contributed by atoms with Crippen LogP contribution in [0.25, 0.3) is 6.08 Å². The molecule has 106 valence electrons. The molecule has 0 aromatic heterocycles. The maximum absolute atomic E-state index is 11.8. The lowest BCUT2D eigenvalue weighted by Gasteiger charge is -2.32. The molecule has 1 fully saturated rings. The highest BCUT2D eigenvalue weighted by atomic mass is 16.5. The van der Waals surface area contributed by atoms with Crippen LogP contribution in [0, 0.1) is 0 Å². The topological polar surface area (TPSA) is 44.8 Å². The van der Waals surface area contributed by atoms with Crippen LogP contribution in [0.15, 0.2) is 18.2 Å². The minimum absolute atomic E-state index is 0.227. The number of carbonyl (C=O) groups excluding carboxylic acids is 1. The van der Waals surface area contributed by atoms with E-state index in [0.717, 1.165) is 18.4 Å². The molecule has 0 atom stereocenters. The number of rotatable bonds is 2. The summed E-state index contributed by atoms with van der Waals surface area (Å²) in [7, 11) is 2.99. The molecule has 0 bridgehead atoms. The first-order chi connectivity index (χ1) is 9.69. The summed E-state index contributed by atoms with van der Waals surface area (Å²) >= 11 is 0. The monoisotopic (exact) mass is 274 g/mol. The van der Waals surface area contributed by atoms with Crippen molar-refractivity contribution >= 4 is 12.0 Å². The van der Waals surface area contributed by atoms with Gasteiger partial charge in [-0.25, -0.2) is 4.79 Å². The Bertz CT molecular complexity index is 568. The van der Waals surface area contributed by atoms with E-state index in [1.165, 1.54) is 20.0 Å². The lowest BCUT2D eigenvalue weighted by atomic mass is 9.94. The summed E-state index contributed by atoms with van der Waals surface area (Å²) in [5, 5.41) is 0. The zero-order valence-corrected chi connectivity index (χ0v) is 11.8. The minimum atomic E-state index is -0.362. The predicted molar refractivity (Wildman–Crippen MR) is 75.2 cm³/mol. The van der Waals surface area contributed by atoms with Gasteiger partial charge in [0.1, 0.15) is 5.60 Å². The van der Waals surface area contributed by atoms with Gasteiger partial charge in [-0.05, 0) is 43.9 Å². The second kappa shape index (κ2) is 4.85. The molecule has 20 heavy (non-hydrogen) atoms. The Hall–Kier alpha value is -1.97. The van der Waals surface area contributed by atoms with Crippen molar-refractivity contribution in [3.8, 4) is 11.5 Å². The van der Waals surface area contributed by atoms with Crippen LogP contribution in [0.4, 0.5) is 0 Å². The van der Waals surface area contributed by atoms with Crippen molar-refractivity contribution in [3.63, 3.8) is 0 Å². The van der Waals surface area contributed by atoms with E-state index in [4.69, 9.17) is 14.2 Å². The van der Waals surface area contributed by atoms with Crippen LogP contribution in [0.2, 0.25) is 0 Å². The van der Waals surface area contributed by atoms with Gasteiger partial charge in [-0.3, -0.25) is 0 Å². The van der Waals surface area contributed by atoms with E-state index in [0.29, 0.717) is 17.1 Å². The number of carbonyl (C=O) groups is 1. The number of esters is 1. The zero-order valence-electron chi connectivity index (χ0n) is 11.8. The number of fused-ring (bicyclic) bond motifs is 1. The van der Waals surface area contributed by atoms with E-state index in [-0.39, 0.29) is 11.6 Å². The van der Waals surface area contributed by atoms with Gasteiger partial charge >= 0.3 is 5.97 Å². The standard InChI is InChI=1S/C16H18O4/c1-18-13-6-5-12(15(17)19-2)11-7-10-16(20-14(11)13)8-3-4-9-16/h5-7,10H,3-4,8-9H2,1-2H3. The van der Waals surface area contributed by atoms with E-state index in [1.807, 2.05) is 6.08 Å². The Kier molecular flexibility index (Phi) is 3.16. The van der Waals surface area contributed by atoms with Gasteiger partial charge in [0, 0.05) is 5.56 Å². The first-order valence-electron chi connectivity index (χ1n) is 6.87. The van der Waals surface area contributed by atoms with Crippen molar-refractivity contribution in [1.82, 2.24) is 0 Å². The summed E-state index contributed by atoms with van der Waals surface area (Å²) in [6.07, 6.45) is 8.40. The van der Waals surface area contributed by atoms with Crippen molar-refractivity contribution < 1.29 is 19.0 Å². The quantitative estimate of drug-likeness (QED) is 0.777. The second-order valence-corrected chi connectivity index (χ2v) is 5.26. The Morgan fingerprint density at radius 1 is 1.25 bits per heavy atom. The lowest BCUT2D eigenvalue weighted by molar-refractivity contribution is 0.0597. The molecule has 0 N–H and O–H groups in total. The normalized spacial score (nSPS) is 18.5. The fourth-order valence-electron chi connectivity index (χ4n) is 3.01. The maximum Gasteiger partial charge on any atom is 0.338 e. The van der Waals surface area contributed by atoms with Crippen LogP contribution >= 0.6 is 0 Å². The van der Waals surface area contributed by atoms with Crippen LogP contribution in [-0.2, 0) is 4.74 Å². The maximum atomic E-state index is 11.8. The van der Waals surface area contributed by atoms with Gasteiger partial charge in [-0.2, -0.15) is 0 Å². The summed E-state index contributed by atoms with van der Waals surface area (Å²) in [5.41, 5.74) is 1.02. The summed E-state index contributed by atoms with van der Waals surface area (Å²) in [6, 6.07) is 3.47. The highest BCUT2D eigenvalue weighted by Gasteiger charge is 2.38. The van der Waals surface area contributed by atoms with Crippen molar-refractivity contribution in [1.29, 1.82) is 0 Å². The smallest absolute Gasteiger partial charge is 0.338 e. The summed E-state index contributed by atoms with van der Waals surface area (Å²) < 4.78 is 16.4. The van der Waals surface area contributed by atoms with Gasteiger partial charge in [0.2, 0.25) is 0 Å². The van der Waals surface area contributed by atoms with Crippen LogP contribution in [-0.4, -0.2) is 25.8 Å². The number of methoxy groups -OCH3 is 2. The SMILES string of the molecule is COC(=O)c1ccc(OC)c2c1C=CC1(CCCC1)O2. The zero-order chi connectivity index (χ0) is 14.2. The average molecular weight is 274 g/mol. The average Bonchev–Trinajstić information content (AvgIpc) is 2.93. The summed E-state index contributed by atoms with van der Waals surface area (Å²) in [6.45, 7) is 0. The molecule has 0 radical (unpaired) electrons. The number of benzene rings is 1. The van der Waals surface area contributed by atoms with Crippen LogP contribution in [0.3, 0.4) is 0 Å². The van der Waals surface area contributed by atoms with E-state index in [1.54, 1.807) is 19.2 Å². The lowest BCUT2D eigenvalue weighted by Crippen LogP contribution is -2.32. The molecular formula is C16H18O4. The van der Waals surface area contributed by atoms with Gasteiger partial charge in [0.15, 0.2) is 11.5 Å². The highest BCUT2D eigenvalue weighted by molar-refractivity contribution is 5.95. The molecule has 2 aliphatic rings.